The SMILES string of the molecule is Cc1ccc(CCC2(Cn3ccnc3)OCCCO2)cc1. The fourth-order valence-corrected chi connectivity index (χ4v) is 2.68. The zero-order chi connectivity index (χ0) is 14.5. The van der Waals surface area contributed by atoms with Gasteiger partial charge in [0.1, 0.15) is 0 Å². The summed E-state index contributed by atoms with van der Waals surface area (Å²) in [4.78, 5) is 4.10. The third kappa shape index (κ3) is 3.71. The van der Waals surface area contributed by atoms with E-state index in [2.05, 4.69) is 36.2 Å². The maximum atomic E-state index is 6.01. The first-order valence-electron chi connectivity index (χ1n) is 7.55. The molecule has 0 radical (unpaired) electrons. The summed E-state index contributed by atoms with van der Waals surface area (Å²) in [5.41, 5.74) is 2.61. The fraction of sp³-hybridized carbons (Fsp3) is 0.471. The molecule has 1 saturated heterocycles. The number of imidazole rings is 1. The van der Waals surface area contributed by atoms with Crippen molar-refractivity contribution in [3.8, 4) is 0 Å². The lowest BCUT2D eigenvalue weighted by molar-refractivity contribution is -0.276. The zero-order valence-corrected chi connectivity index (χ0v) is 12.5. The highest BCUT2D eigenvalue weighted by molar-refractivity contribution is 5.21. The monoisotopic (exact) mass is 286 g/mol. The predicted molar refractivity (Wildman–Crippen MR) is 81.0 cm³/mol. The molecular weight excluding hydrogens is 264 g/mol. The van der Waals surface area contributed by atoms with Crippen molar-refractivity contribution in [1.82, 2.24) is 9.55 Å². The van der Waals surface area contributed by atoms with Crippen molar-refractivity contribution >= 4 is 0 Å². The van der Waals surface area contributed by atoms with E-state index in [1.165, 1.54) is 11.1 Å². The van der Waals surface area contributed by atoms with Crippen LogP contribution in [-0.2, 0) is 22.4 Å². The second kappa shape index (κ2) is 6.41. The molecule has 112 valence electrons. The Morgan fingerprint density at radius 2 is 1.95 bits per heavy atom. The van der Waals surface area contributed by atoms with E-state index in [4.69, 9.17) is 9.47 Å². The molecule has 2 aromatic rings. The molecular formula is C17H22N2O2. The van der Waals surface area contributed by atoms with Crippen molar-refractivity contribution in [3.63, 3.8) is 0 Å². The van der Waals surface area contributed by atoms with Crippen LogP contribution in [0.2, 0.25) is 0 Å². The van der Waals surface area contributed by atoms with Crippen LogP contribution < -0.4 is 0 Å². The number of benzene rings is 1. The molecule has 0 amide bonds. The molecule has 4 heteroatoms. The number of nitrogens with zero attached hydrogens (tertiary/aromatic N) is 2. The Kier molecular flexibility index (Phi) is 4.36. The molecule has 0 unspecified atom stereocenters. The Balaban J connectivity index is 1.68. The van der Waals surface area contributed by atoms with Crippen molar-refractivity contribution in [2.24, 2.45) is 0 Å². The molecule has 1 aliphatic heterocycles. The van der Waals surface area contributed by atoms with Crippen LogP contribution in [0.3, 0.4) is 0 Å². The summed E-state index contributed by atoms with van der Waals surface area (Å²) in [6.07, 6.45) is 8.33. The van der Waals surface area contributed by atoms with Crippen LogP contribution in [-0.4, -0.2) is 28.6 Å². The molecule has 0 bridgehead atoms. The van der Waals surface area contributed by atoms with Crippen molar-refractivity contribution in [2.75, 3.05) is 13.2 Å². The Labute approximate surface area is 125 Å². The molecule has 0 aliphatic carbocycles. The minimum atomic E-state index is -0.524. The minimum absolute atomic E-state index is 0.524. The molecule has 2 heterocycles. The first-order chi connectivity index (χ1) is 10.3. The molecule has 1 aliphatic rings. The van der Waals surface area contributed by atoms with E-state index < -0.39 is 5.79 Å². The van der Waals surface area contributed by atoms with Crippen LogP contribution in [0.4, 0.5) is 0 Å². The number of hydrogen-bond donors (Lipinski definition) is 0. The van der Waals surface area contributed by atoms with Crippen LogP contribution in [0.15, 0.2) is 43.0 Å². The Bertz CT molecular complexity index is 543. The molecule has 0 saturated carbocycles. The van der Waals surface area contributed by atoms with Gasteiger partial charge in [0.05, 0.1) is 26.1 Å². The number of ether oxygens (including phenoxy) is 2. The molecule has 1 aromatic carbocycles. The van der Waals surface area contributed by atoms with Gasteiger partial charge in [0.15, 0.2) is 5.79 Å². The summed E-state index contributed by atoms with van der Waals surface area (Å²) in [5, 5.41) is 0. The topological polar surface area (TPSA) is 36.3 Å². The van der Waals surface area contributed by atoms with Crippen LogP contribution in [0, 0.1) is 6.92 Å². The second-order valence-electron chi connectivity index (χ2n) is 5.68. The molecule has 0 N–H and O–H groups in total. The lowest BCUT2D eigenvalue weighted by atomic mass is 10.0. The Morgan fingerprint density at radius 1 is 1.19 bits per heavy atom. The third-order valence-corrected chi connectivity index (χ3v) is 3.92. The van der Waals surface area contributed by atoms with E-state index in [-0.39, 0.29) is 0 Å². The summed E-state index contributed by atoms with van der Waals surface area (Å²) >= 11 is 0. The van der Waals surface area contributed by atoms with Crippen molar-refractivity contribution < 1.29 is 9.47 Å². The predicted octanol–water partition coefficient (Wildman–Crippen LogP) is 2.96. The summed E-state index contributed by atoms with van der Waals surface area (Å²) in [6, 6.07) is 8.67. The van der Waals surface area contributed by atoms with Gasteiger partial charge in [-0.25, -0.2) is 4.98 Å². The van der Waals surface area contributed by atoms with E-state index >= 15 is 0 Å². The maximum absolute atomic E-state index is 6.01. The largest absolute Gasteiger partial charge is 0.348 e. The molecule has 3 rings (SSSR count). The van der Waals surface area contributed by atoms with Gasteiger partial charge in [-0.05, 0) is 25.3 Å². The van der Waals surface area contributed by atoms with Gasteiger partial charge in [-0.2, -0.15) is 0 Å². The summed E-state index contributed by atoms with van der Waals surface area (Å²) in [5.74, 6) is -0.524. The van der Waals surface area contributed by atoms with Crippen LogP contribution in [0.1, 0.15) is 24.0 Å². The van der Waals surface area contributed by atoms with E-state index in [1.807, 2.05) is 17.1 Å². The van der Waals surface area contributed by atoms with E-state index in [0.717, 1.165) is 32.5 Å². The van der Waals surface area contributed by atoms with Crippen molar-refractivity contribution in [2.45, 2.75) is 38.5 Å². The maximum Gasteiger partial charge on any atom is 0.186 e. The zero-order valence-electron chi connectivity index (χ0n) is 12.5. The summed E-state index contributed by atoms with van der Waals surface area (Å²) in [6.45, 7) is 4.34. The quantitative estimate of drug-likeness (QED) is 0.848. The Morgan fingerprint density at radius 3 is 2.62 bits per heavy atom. The van der Waals surface area contributed by atoms with Gasteiger partial charge in [-0.1, -0.05) is 29.8 Å². The third-order valence-electron chi connectivity index (χ3n) is 3.92. The summed E-state index contributed by atoms with van der Waals surface area (Å²) in [7, 11) is 0. The van der Waals surface area contributed by atoms with Gasteiger partial charge < -0.3 is 14.0 Å². The van der Waals surface area contributed by atoms with Gasteiger partial charge in [-0.15, -0.1) is 0 Å². The van der Waals surface area contributed by atoms with Crippen molar-refractivity contribution in [3.05, 3.63) is 54.1 Å². The number of aromatic nitrogens is 2. The normalized spacial score (nSPS) is 17.8. The molecule has 0 atom stereocenters. The van der Waals surface area contributed by atoms with E-state index in [9.17, 15) is 0 Å². The lowest BCUT2D eigenvalue weighted by Gasteiger charge is -2.37. The molecule has 21 heavy (non-hydrogen) atoms. The first-order valence-corrected chi connectivity index (χ1v) is 7.55. The first kappa shape index (κ1) is 14.3. The van der Waals surface area contributed by atoms with Crippen LogP contribution >= 0.6 is 0 Å². The lowest BCUT2D eigenvalue weighted by Crippen LogP contribution is -2.44. The van der Waals surface area contributed by atoms with Crippen LogP contribution in [0.25, 0.3) is 0 Å². The van der Waals surface area contributed by atoms with Gasteiger partial charge in [0.2, 0.25) is 0 Å². The average molecular weight is 286 g/mol. The summed E-state index contributed by atoms with van der Waals surface area (Å²) < 4.78 is 14.1. The average Bonchev–Trinajstić information content (AvgIpc) is 3.00. The highest BCUT2D eigenvalue weighted by atomic mass is 16.7. The molecule has 1 fully saturated rings. The molecule has 4 nitrogen and oxygen atoms in total. The van der Waals surface area contributed by atoms with Gasteiger partial charge >= 0.3 is 0 Å². The van der Waals surface area contributed by atoms with Gasteiger partial charge in [0.25, 0.3) is 0 Å². The Hall–Kier alpha value is -1.65. The number of rotatable bonds is 5. The standard InChI is InChI=1S/C17H22N2O2/c1-15-3-5-16(6-4-15)7-8-17(20-11-2-12-21-17)13-19-10-9-18-14-19/h3-6,9-10,14H,2,7-8,11-13H2,1H3. The molecule has 1 aromatic heterocycles. The number of hydrogen-bond acceptors (Lipinski definition) is 3. The van der Waals surface area contributed by atoms with E-state index in [0.29, 0.717) is 6.54 Å². The van der Waals surface area contributed by atoms with E-state index in [1.54, 1.807) is 6.20 Å². The van der Waals surface area contributed by atoms with Gasteiger partial charge in [-0.3, -0.25) is 0 Å². The second-order valence-corrected chi connectivity index (χ2v) is 5.68. The smallest absolute Gasteiger partial charge is 0.186 e. The van der Waals surface area contributed by atoms with Crippen LogP contribution in [0.5, 0.6) is 0 Å². The molecule has 0 spiro atoms. The number of aryl methyl sites for hydroxylation is 2. The highest BCUT2D eigenvalue weighted by Crippen LogP contribution is 2.27. The highest BCUT2D eigenvalue weighted by Gasteiger charge is 2.34. The fourth-order valence-electron chi connectivity index (χ4n) is 2.68. The van der Waals surface area contributed by atoms with Gasteiger partial charge in [0, 0.05) is 18.8 Å². The van der Waals surface area contributed by atoms with Crippen molar-refractivity contribution in [1.29, 1.82) is 0 Å². The minimum Gasteiger partial charge on any atom is -0.348 e.